The van der Waals surface area contributed by atoms with E-state index in [9.17, 15) is 24.5 Å². The summed E-state index contributed by atoms with van der Waals surface area (Å²) in [5.41, 5.74) is -0.640. The molecule has 3 rings (SSSR count). The summed E-state index contributed by atoms with van der Waals surface area (Å²) in [6, 6.07) is 5.36. The Hall–Kier alpha value is -3.01. The number of nitrogens with one attached hydrogen (secondary N) is 1. The van der Waals surface area contributed by atoms with Gasteiger partial charge >= 0.3 is 5.97 Å². The number of carbonyl (C=O) groups excluding carboxylic acids is 3. The molecule has 2 amide bonds. The Balaban J connectivity index is 1.59. The van der Waals surface area contributed by atoms with Crippen LogP contribution < -0.4 is 5.32 Å². The Kier molecular flexibility index (Phi) is 7.21. The zero-order valence-electron chi connectivity index (χ0n) is 17.5. The van der Waals surface area contributed by atoms with Crippen LogP contribution in [0.5, 0.6) is 0 Å². The first-order chi connectivity index (χ1) is 14.8. The van der Waals surface area contributed by atoms with E-state index < -0.39 is 28.3 Å². The first kappa shape index (κ1) is 22.7. The molecule has 0 spiro atoms. The molecule has 1 N–H and O–H groups in total. The second kappa shape index (κ2) is 9.86. The molecule has 1 saturated carbocycles. The normalized spacial score (nSPS) is 18.8. The first-order valence-electron chi connectivity index (χ1n) is 10.4. The molecule has 0 aromatic heterocycles. The Morgan fingerprint density at radius 3 is 2.39 bits per heavy atom. The lowest BCUT2D eigenvalue weighted by Crippen LogP contribution is -2.45. The minimum absolute atomic E-state index is 0.0719. The van der Waals surface area contributed by atoms with Crippen LogP contribution in [0.1, 0.15) is 39.0 Å². The molecule has 1 aromatic rings. The van der Waals surface area contributed by atoms with Gasteiger partial charge in [0, 0.05) is 37.3 Å². The minimum atomic E-state index is -1.07. The molecule has 2 fully saturated rings. The number of nitro benzene ring substituents is 1. The quantitative estimate of drug-likeness (QED) is 0.397. The number of carbonyl (C=O) groups is 3. The molecule has 10 nitrogen and oxygen atoms in total. The van der Waals surface area contributed by atoms with Gasteiger partial charge in [-0.25, -0.2) is 0 Å². The van der Waals surface area contributed by atoms with E-state index in [4.69, 9.17) is 9.47 Å². The van der Waals surface area contributed by atoms with Gasteiger partial charge in [0.1, 0.15) is 0 Å². The highest BCUT2D eigenvalue weighted by molar-refractivity contribution is 5.96. The van der Waals surface area contributed by atoms with E-state index in [2.05, 4.69) is 5.32 Å². The van der Waals surface area contributed by atoms with Crippen LogP contribution in [-0.2, 0) is 23.9 Å². The topological polar surface area (TPSA) is 128 Å². The number of non-ortho nitro benzene ring substituents is 1. The van der Waals surface area contributed by atoms with Crippen LogP contribution in [0, 0.1) is 15.5 Å². The molecule has 1 heterocycles. The molecule has 2 aliphatic rings. The van der Waals surface area contributed by atoms with E-state index in [0.29, 0.717) is 44.8 Å². The van der Waals surface area contributed by atoms with Gasteiger partial charge in [0.2, 0.25) is 5.91 Å². The van der Waals surface area contributed by atoms with E-state index in [1.807, 2.05) is 0 Å². The number of rotatable bonds is 7. The second-order valence-corrected chi connectivity index (χ2v) is 8.00. The van der Waals surface area contributed by atoms with Gasteiger partial charge in [0.15, 0.2) is 6.10 Å². The van der Waals surface area contributed by atoms with Crippen molar-refractivity contribution < 1.29 is 28.8 Å². The molecule has 0 unspecified atom stereocenters. The van der Waals surface area contributed by atoms with Crippen molar-refractivity contribution in [3.05, 3.63) is 34.4 Å². The van der Waals surface area contributed by atoms with Crippen LogP contribution >= 0.6 is 0 Å². The number of hydrogen-bond acceptors (Lipinski definition) is 7. The maximum absolute atomic E-state index is 13.0. The van der Waals surface area contributed by atoms with Crippen molar-refractivity contribution in [1.82, 2.24) is 4.90 Å². The van der Waals surface area contributed by atoms with E-state index in [1.165, 1.54) is 31.2 Å². The average Bonchev–Trinajstić information content (AvgIpc) is 3.24. The summed E-state index contributed by atoms with van der Waals surface area (Å²) in [4.78, 5) is 50.1. The lowest BCUT2D eigenvalue weighted by atomic mass is 9.82. The summed E-state index contributed by atoms with van der Waals surface area (Å²) in [5.74, 6) is -1.17. The van der Waals surface area contributed by atoms with Crippen molar-refractivity contribution in [2.45, 2.75) is 45.1 Å². The van der Waals surface area contributed by atoms with Crippen molar-refractivity contribution >= 4 is 29.2 Å². The predicted molar refractivity (Wildman–Crippen MR) is 110 cm³/mol. The first-order valence-corrected chi connectivity index (χ1v) is 10.4. The highest BCUT2D eigenvalue weighted by atomic mass is 16.6. The van der Waals surface area contributed by atoms with Gasteiger partial charge in [-0.1, -0.05) is 12.8 Å². The van der Waals surface area contributed by atoms with Gasteiger partial charge in [-0.05, 0) is 31.9 Å². The SMILES string of the molecule is C[C@H](OC(=O)C1(CC(=O)N2CCOCC2)CCCC1)C(=O)Nc1ccc([N+](=O)[O-])cc1. The number of benzene rings is 1. The largest absolute Gasteiger partial charge is 0.452 e. The number of anilines is 1. The van der Waals surface area contributed by atoms with Crippen molar-refractivity contribution in [1.29, 1.82) is 0 Å². The number of nitro groups is 1. The average molecular weight is 433 g/mol. The lowest BCUT2D eigenvalue weighted by molar-refractivity contribution is -0.384. The molecule has 1 saturated heterocycles. The van der Waals surface area contributed by atoms with Crippen LogP contribution in [0.4, 0.5) is 11.4 Å². The van der Waals surface area contributed by atoms with Gasteiger partial charge in [0.05, 0.1) is 23.6 Å². The second-order valence-electron chi connectivity index (χ2n) is 8.00. The number of esters is 1. The fourth-order valence-electron chi connectivity index (χ4n) is 3.97. The third kappa shape index (κ3) is 5.57. The molecule has 0 radical (unpaired) electrons. The van der Waals surface area contributed by atoms with Crippen molar-refractivity contribution in [2.24, 2.45) is 5.41 Å². The Bertz CT molecular complexity index is 828. The monoisotopic (exact) mass is 433 g/mol. The van der Waals surface area contributed by atoms with E-state index in [0.717, 1.165) is 12.8 Å². The van der Waals surface area contributed by atoms with Crippen molar-refractivity contribution in [2.75, 3.05) is 31.6 Å². The minimum Gasteiger partial charge on any atom is -0.452 e. The highest BCUT2D eigenvalue weighted by Gasteiger charge is 2.46. The predicted octanol–water partition coefficient (Wildman–Crippen LogP) is 2.27. The molecule has 10 heteroatoms. The Labute approximate surface area is 180 Å². The summed E-state index contributed by atoms with van der Waals surface area (Å²) in [5, 5.41) is 13.3. The van der Waals surface area contributed by atoms with Gasteiger partial charge in [-0.15, -0.1) is 0 Å². The smallest absolute Gasteiger partial charge is 0.313 e. The summed E-state index contributed by atoms with van der Waals surface area (Å²) >= 11 is 0. The zero-order valence-corrected chi connectivity index (χ0v) is 17.5. The van der Waals surface area contributed by atoms with Crippen molar-refractivity contribution in [3.63, 3.8) is 0 Å². The number of morpholine rings is 1. The fourth-order valence-corrected chi connectivity index (χ4v) is 3.97. The van der Waals surface area contributed by atoms with Crippen LogP contribution in [0.25, 0.3) is 0 Å². The number of nitrogens with zero attached hydrogens (tertiary/aromatic N) is 2. The number of hydrogen-bond donors (Lipinski definition) is 1. The summed E-state index contributed by atoms with van der Waals surface area (Å²) in [7, 11) is 0. The van der Waals surface area contributed by atoms with E-state index >= 15 is 0 Å². The van der Waals surface area contributed by atoms with Crippen LogP contribution in [-0.4, -0.2) is 60.0 Å². The highest BCUT2D eigenvalue weighted by Crippen LogP contribution is 2.43. The van der Waals surface area contributed by atoms with Gasteiger partial charge < -0.3 is 19.7 Å². The molecule has 31 heavy (non-hydrogen) atoms. The van der Waals surface area contributed by atoms with Gasteiger partial charge in [-0.2, -0.15) is 0 Å². The van der Waals surface area contributed by atoms with Crippen LogP contribution in [0.15, 0.2) is 24.3 Å². The van der Waals surface area contributed by atoms with Crippen LogP contribution in [0.3, 0.4) is 0 Å². The van der Waals surface area contributed by atoms with Crippen molar-refractivity contribution in [3.8, 4) is 0 Å². The standard InChI is InChI=1S/C21H27N3O7/c1-15(19(26)22-16-4-6-17(7-5-16)24(28)29)31-20(27)21(8-2-3-9-21)14-18(25)23-10-12-30-13-11-23/h4-7,15H,2-3,8-14H2,1H3,(H,22,26)/t15-/m0/s1. The lowest BCUT2D eigenvalue weighted by Gasteiger charge is -2.32. The zero-order chi connectivity index (χ0) is 22.4. The molecule has 1 aromatic carbocycles. The summed E-state index contributed by atoms with van der Waals surface area (Å²) in [6.07, 6.45) is 1.77. The maximum atomic E-state index is 13.0. The maximum Gasteiger partial charge on any atom is 0.313 e. The van der Waals surface area contributed by atoms with E-state index in [-0.39, 0.29) is 18.0 Å². The Morgan fingerprint density at radius 1 is 1.19 bits per heavy atom. The number of amides is 2. The van der Waals surface area contributed by atoms with Crippen LogP contribution in [0.2, 0.25) is 0 Å². The number of ether oxygens (including phenoxy) is 2. The molecular weight excluding hydrogens is 406 g/mol. The molecule has 1 atom stereocenters. The summed E-state index contributed by atoms with van der Waals surface area (Å²) < 4.78 is 10.7. The molecular formula is C21H27N3O7. The third-order valence-corrected chi connectivity index (χ3v) is 5.85. The molecule has 168 valence electrons. The third-order valence-electron chi connectivity index (χ3n) is 5.85. The summed E-state index contributed by atoms with van der Waals surface area (Å²) in [6.45, 7) is 3.47. The van der Waals surface area contributed by atoms with E-state index in [1.54, 1.807) is 4.90 Å². The molecule has 0 bridgehead atoms. The molecule has 1 aliphatic heterocycles. The Morgan fingerprint density at radius 2 is 1.81 bits per heavy atom. The molecule has 1 aliphatic carbocycles. The van der Waals surface area contributed by atoms with Gasteiger partial charge in [-0.3, -0.25) is 24.5 Å². The van der Waals surface area contributed by atoms with Gasteiger partial charge in [0.25, 0.3) is 11.6 Å². The fraction of sp³-hybridized carbons (Fsp3) is 0.571.